The average molecular weight is 204 g/mol. The van der Waals surface area contributed by atoms with Gasteiger partial charge in [0.15, 0.2) is 0 Å². The highest BCUT2D eigenvalue weighted by Crippen LogP contribution is 2.28. The predicted molar refractivity (Wildman–Crippen MR) is 53.9 cm³/mol. The third-order valence-corrected chi connectivity index (χ3v) is 2.82. The number of imide groups is 1. The van der Waals surface area contributed by atoms with Gasteiger partial charge in [-0.05, 0) is 17.5 Å². The second kappa shape index (κ2) is 3.81. The largest absolute Gasteiger partial charge is 0.296 e. The first-order valence-electron chi connectivity index (χ1n) is 4.92. The van der Waals surface area contributed by atoms with E-state index in [-0.39, 0.29) is 30.1 Å². The fourth-order valence-electron chi connectivity index (χ4n) is 1.86. The smallest absolute Gasteiger partial charge is 0.230 e. The van der Waals surface area contributed by atoms with Gasteiger partial charge in [0, 0.05) is 18.8 Å². The lowest BCUT2D eigenvalue weighted by molar-refractivity contribution is -0.126. The van der Waals surface area contributed by atoms with E-state index < -0.39 is 0 Å². The topological polar surface area (TPSA) is 59.1 Å². The number of rotatable bonds is 2. The van der Waals surface area contributed by atoms with Gasteiger partial charge in [0.1, 0.15) is 0 Å². The van der Waals surface area contributed by atoms with Gasteiger partial charge in [-0.1, -0.05) is 13.0 Å². The van der Waals surface area contributed by atoms with Gasteiger partial charge in [-0.2, -0.15) is 0 Å². The number of nitrogens with one attached hydrogen (secondary N) is 1. The Morgan fingerprint density at radius 1 is 1.53 bits per heavy atom. The lowest BCUT2D eigenvalue weighted by Crippen LogP contribution is -2.24. The second-order valence-corrected chi connectivity index (χ2v) is 3.80. The molecule has 1 aliphatic rings. The van der Waals surface area contributed by atoms with E-state index in [1.807, 2.05) is 19.1 Å². The maximum Gasteiger partial charge on any atom is 0.230 e. The molecule has 1 aromatic heterocycles. The summed E-state index contributed by atoms with van der Waals surface area (Å²) in [5.74, 6) is -0.566. The quantitative estimate of drug-likeness (QED) is 0.726. The van der Waals surface area contributed by atoms with E-state index in [4.69, 9.17) is 0 Å². The molecule has 0 aliphatic carbocycles. The third-order valence-electron chi connectivity index (χ3n) is 2.82. The average Bonchev–Trinajstić information content (AvgIpc) is 2.58. The van der Waals surface area contributed by atoms with Gasteiger partial charge in [-0.15, -0.1) is 0 Å². The normalized spacial score (nSPS) is 22.6. The minimum Gasteiger partial charge on any atom is -0.296 e. The zero-order valence-corrected chi connectivity index (χ0v) is 8.43. The summed E-state index contributed by atoms with van der Waals surface area (Å²) in [4.78, 5) is 26.5. The Morgan fingerprint density at radius 3 is 2.87 bits per heavy atom. The van der Waals surface area contributed by atoms with Crippen LogP contribution in [0.4, 0.5) is 0 Å². The lowest BCUT2D eigenvalue weighted by atomic mass is 9.87. The Balaban J connectivity index is 2.18. The molecule has 1 N–H and O–H groups in total. The number of hydrogen-bond donors (Lipinski definition) is 1. The first-order chi connectivity index (χ1) is 7.18. The number of aromatic nitrogens is 1. The van der Waals surface area contributed by atoms with Crippen molar-refractivity contribution in [2.24, 2.45) is 5.92 Å². The molecule has 4 heteroatoms. The molecule has 2 atom stereocenters. The molecular formula is C11H12N2O2. The maximum atomic E-state index is 11.4. The van der Waals surface area contributed by atoms with Crippen LogP contribution in [0.2, 0.25) is 0 Å². The number of carbonyl (C=O) groups is 2. The van der Waals surface area contributed by atoms with Gasteiger partial charge in [-0.25, -0.2) is 0 Å². The first kappa shape index (κ1) is 9.83. The van der Waals surface area contributed by atoms with E-state index >= 15 is 0 Å². The SMILES string of the molecule is CC(c1cccnc1)C1CC(=O)NC1=O. The molecule has 15 heavy (non-hydrogen) atoms. The molecule has 1 aromatic rings. The summed E-state index contributed by atoms with van der Waals surface area (Å²) in [5, 5.41) is 2.32. The van der Waals surface area contributed by atoms with Crippen molar-refractivity contribution in [3.63, 3.8) is 0 Å². The number of carbonyl (C=O) groups excluding carboxylic acids is 2. The Labute approximate surface area is 87.7 Å². The fraction of sp³-hybridized carbons (Fsp3) is 0.364. The lowest BCUT2D eigenvalue weighted by Gasteiger charge is -2.15. The highest BCUT2D eigenvalue weighted by atomic mass is 16.2. The molecule has 1 fully saturated rings. The highest BCUT2D eigenvalue weighted by Gasteiger charge is 2.35. The summed E-state index contributed by atoms with van der Waals surface area (Å²) < 4.78 is 0. The monoisotopic (exact) mass is 204 g/mol. The molecule has 78 valence electrons. The van der Waals surface area contributed by atoms with Crippen molar-refractivity contribution in [3.05, 3.63) is 30.1 Å². The van der Waals surface area contributed by atoms with Crippen LogP contribution in [0.25, 0.3) is 0 Å². The molecule has 0 radical (unpaired) electrons. The molecule has 2 unspecified atom stereocenters. The summed E-state index contributed by atoms with van der Waals surface area (Å²) in [5.41, 5.74) is 0.993. The minimum atomic E-state index is -0.248. The van der Waals surface area contributed by atoms with Crippen LogP contribution in [-0.4, -0.2) is 16.8 Å². The standard InChI is InChI=1S/C11H12N2O2/c1-7(8-3-2-4-12-6-8)9-5-10(14)13-11(9)15/h2-4,6-7,9H,5H2,1H3,(H,13,14,15). The summed E-state index contributed by atoms with van der Waals surface area (Å²) in [6, 6.07) is 3.76. The molecule has 0 spiro atoms. The van der Waals surface area contributed by atoms with Gasteiger partial charge in [0.05, 0.1) is 5.92 Å². The van der Waals surface area contributed by atoms with Crippen molar-refractivity contribution in [1.29, 1.82) is 0 Å². The van der Waals surface area contributed by atoms with Crippen LogP contribution in [0, 0.1) is 5.92 Å². The summed E-state index contributed by atoms with van der Waals surface area (Å²) in [7, 11) is 0. The second-order valence-electron chi connectivity index (χ2n) is 3.80. The molecule has 2 heterocycles. The summed E-state index contributed by atoms with van der Waals surface area (Å²) >= 11 is 0. The molecular weight excluding hydrogens is 192 g/mol. The molecule has 1 aliphatic heterocycles. The van der Waals surface area contributed by atoms with Crippen LogP contribution in [0.15, 0.2) is 24.5 Å². The number of pyridine rings is 1. The van der Waals surface area contributed by atoms with Crippen molar-refractivity contribution in [2.75, 3.05) is 0 Å². The molecule has 4 nitrogen and oxygen atoms in total. The maximum absolute atomic E-state index is 11.4. The molecule has 0 bridgehead atoms. The zero-order chi connectivity index (χ0) is 10.8. The van der Waals surface area contributed by atoms with Crippen LogP contribution in [0.1, 0.15) is 24.8 Å². The van der Waals surface area contributed by atoms with E-state index in [1.165, 1.54) is 0 Å². The fourth-order valence-corrected chi connectivity index (χ4v) is 1.86. The van der Waals surface area contributed by atoms with Gasteiger partial charge < -0.3 is 0 Å². The molecule has 2 rings (SSSR count). The molecule has 1 saturated heterocycles. The number of nitrogens with zero attached hydrogens (tertiary/aromatic N) is 1. The van der Waals surface area contributed by atoms with E-state index in [2.05, 4.69) is 10.3 Å². The molecule has 2 amide bonds. The van der Waals surface area contributed by atoms with Crippen molar-refractivity contribution in [3.8, 4) is 0 Å². The first-order valence-corrected chi connectivity index (χ1v) is 4.92. The van der Waals surface area contributed by atoms with Gasteiger partial charge in [0.25, 0.3) is 0 Å². The Kier molecular flexibility index (Phi) is 2.49. The molecule has 0 saturated carbocycles. The Hall–Kier alpha value is -1.71. The van der Waals surface area contributed by atoms with Crippen LogP contribution < -0.4 is 5.32 Å². The predicted octanol–water partition coefficient (Wildman–Crippen LogP) is 0.848. The van der Waals surface area contributed by atoms with Crippen LogP contribution >= 0.6 is 0 Å². The van der Waals surface area contributed by atoms with Crippen LogP contribution in [0.3, 0.4) is 0 Å². The molecule has 0 aromatic carbocycles. The van der Waals surface area contributed by atoms with Crippen LogP contribution in [-0.2, 0) is 9.59 Å². The van der Waals surface area contributed by atoms with E-state index in [1.54, 1.807) is 12.4 Å². The summed E-state index contributed by atoms with van der Waals surface area (Å²) in [6.45, 7) is 1.94. The van der Waals surface area contributed by atoms with Crippen molar-refractivity contribution in [1.82, 2.24) is 10.3 Å². The number of hydrogen-bond acceptors (Lipinski definition) is 3. The Morgan fingerprint density at radius 2 is 2.33 bits per heavy atom. The third kappa shape index (κ3) is 1.88. The van der Waals surface area contributed by atoms with Gasteiger partial charge in [-0.3, -0.25) is 19.9 Å². The van der Waals surface area contributed by atoms with E-state index in [0.29, 0.717) is 0 Å². The van der Waals surface area contributed by atoms with E-state index in [0.717, 1.165) is 5.56 Å². The van der Waals surface area contributed by atoms with Crippen molar-refractivity contribution in [2.45, 2.75) is 19.3 Å². The zero-order valence-electron chi connectivity index (χ0n) is 8.43. The minimum absolute atomic E-state index is 0.0325. The highest BCUT2D eigenvalue weighted by molar-refractivity contribution is 6.03. The van der Waals surface area contributed by atoms with Crippen molar-refractivity contribution < 1.29 is 9.59 Å². The van der Waals surface area contributed by atoms with Crippen molar-refractivity contribution >= 4 is 11.8 Å². The van der Waals surface area contributed by atoms with E-state index in [9.17, 15) is 9.59 Å². The van der Waals surface area contributed by atoms with Gasteiger partial charge >= 0.3 is 0 Å². The van der Waals surface area contributed by atoms with Gasteiger partial charge in [0.2, 0.25) is 11.8 Å². The summed E-state index contributed by atoms with van der Waals surface area (Å²) in [6.07, 6.45) is 3.71. The number of amides is 2. The van der Waals surface area contributed by atoms with Crippen LogP contribution in [0.5, 0.6) is 0 Å². The Bertz CT molecular complexity index is 389.